The molecule has 1 unspecified atom stereocenters. The number of amides is 1. The van der Waals surface area contributed by atoms with Crippen molar-refractivity contribution in [3.63, 3.8) is 0 Å². The van der Waals surface area contributed by atoms with E-state index in [1.807, 2.05) is 6.92 Å². The normalized spacial score (nSPS) is 12.0. The first-order valence-corrected chi connectivity index (χ1v) is 8.65. The fraction of sp³-hybridized carbons (Fsp3) is 0.500. The molecule has 0 aromatic carbocycles. The minimum absolute atomic E-state index is 0. The van der Waals surface area contributed by atoms with Gasteiger partial charge in [0, 0.05) is 22.8 Å². The molecule has 0 radical (unpaired) electrons. The number of halogens is 1. The molecule has 22 heavy (non-hydrogen) atoms. The van der Waals surface area contributed by atoms with Gasteiger partial charge >= 0.3 is 0 Å². The molecule has 0 aliphatic rings. The monoisotopic (exact) mass is 360 g/mol. The number of hydrogen-bond donors (Lipinski definition) is 2. The summed E-state index contributed by atoms with van der Waals surface area (Å²) >= 11 is 3.12. The van der Waals surface area contributed by atoms with Gasteiger partial charge in [-0.15, -0.1) is 23.7 Å². The Labute approximate surface area is 144 Å². The summed E-state index contributed by atoms with van der Waals surface area (Å²) in [7, 11) is 0. The van der Waals surface area contributed by atoms with Gasteiger partial charge < -0.3 is 11.1 Å². The molecular weight excluding hydrogens is 340 g/mol. The van der Waals surface area contributed by atoms with Crippen molar-refractivity contribution in [2.45, 2.75) is 38.3 Å². The first kappa shape index (κ1) is 19.2. The lowest BCUT2D eigenvalue weighted by molar-refractivity contribution is -0.118. The third-order valence-electron chi connectivity index (χ3n) is 3.19. The van der Waals surface area contributed by atoms with E-state index in [4.69, 9.17) is 5.73 Å². The highest BCUT2D eigenvalue weighted by atomic mass is 35.5. The molecule has 0 fully saturated rings. The van der Waals surface area contributed by atoms with Crippen molar-refractivity contribution in [2.24, 2.45) is 5.73 Å². The van der Waals surface area contributed by atoms with Gasteiger partial charge in [-0.2, -0.15) is 0 Å². The fourth-order valence-electron chi connectivity index (χ4n) is 1.88. The number of nitrogens with two attached hydrogens (primary N) is 1. The molecule has 0 spiro atoms. The number of carbonyl (C=O) groups excluding carboxylic acids is 1. The van der Waals surface area contributed by atoms with Crippen LogP contribution in [-0.4, -0.2) is 34.2 Å². The molecule has 0 saturated heterocycles. The van der Waals surface area contributed by atoms with Gasteiger partial charge in [-0.3, -0.25) is 4.79 Å². The maximum absolute atomic E-state index is 11.8. The number of rotatable bonds is 6. The average molecular weight is 361 g/mol. The predicted octanol–water partition coefficient (Wildman–Crippen LogP) is 2.68. The molecule has 0 saturated carbocycles. The lowest BCUT2D eigenvalue weighted by atomic mass is 10.2. The molecule has 0 bridgehead atoms. The largest absolute Gasteiger partial charge is 0.355 e. The minimum atomic E-state index is 0. The van der Waals surface area contributed by atoms with E-state index in [9.17, 15) is 4.79 Å². The van der Waals surface area contributed by atoms with Crippen molar-refractivity contribution < 1.29 is 4.79 Å². The van der Waals surface area contributed by atoms with Gasteiger partial charge in [0.1, 0.15) is 16.2 Å². The quantitative estimate of drug-likeness (QED) is 0.611. The summed E-state index contributed by atoms with van der Waals surface area (Å²) in [6.45, 7) is 6.70. The minimum Gasteiger partial charge on any atom is -0.355 e. The second-order valence-electron chi connectivity index (χ2n) is 5.05. The van der Waals surface area contributed by atoms with Gasteiger partial charge in [0.15, 0.2) is 0 Å². The SMILES string of the molecule is Cc1sc2ncnc(SCC(=O)NCCC(C)N)c2c1C.Cl. The number of hydrogen-bond acceptors (Lipinski definition) is 6. The highest BCUT2D eigenvalue weighted by Gasteiger charge is 2.13. The number of thiophene rings is 1. The van der Waals surface area contributed by atoms with Crippen LogP contribution >= 0.6 is 35.5 Å². The highest BCUT2D eigenvalue weighted by Crippen LogP contribution is 2.34. The summed E-state index contributed by atoms with van der Waals surface area (Å²) in [5.41, 5.74) is 6.86. The van der Waals surface area contributed by atoms with Crippen molar-refractivity contribution in [3.05, 3.63) is 16.8 Å². The third kappa shape index (κ3) is 4.81. The van der Waals surface area contributed by atoms with E-state index in [1.54, 1.807) is 17.7 Å². The summed E-state index contributed by atoms with van der Waals surface area (Å²) in [6, 6.07) is 0.107. The average Bonchev–Trinajstić information content (AvgIpc) is 2.72. The van der Waals surface area contributed by atoms with Crippen LogP contribution in [0.4, 0.5) is 0 Å². The van der Waals surface area contributed by atoms with Gasteiger partial charge in [0.05, 0.1) is 5.75 Å². The number of nitrogens with one attached hydrogen (secondary N) is 1. The van der Waals surface area contributed by atoms with Crippen LogP contribution in [0.25, 0.3) is 10.2 Å². The zero-order valence-electron chi connectivity index (χ0n) is 12.9. The number of nitrogens with zero attached hydrogens (tertiary/aromatic N) is 2. The van der Waals surface area contributed by atoms with E-state index in [0.29, 0.717) is 12.3 Å². The van der Waals surface area contributed by atoms with Crippen molar-refractivity contribution in [3.8, 4) is 0 Å². The van der Waals surface area contributed by atoms with E-state index in [-0.39, 0.29) is 24.4 Å². The maximum Gasteiger partial charge on any atom is 0.230 e. The highest BCUT2D eigenvalue weighted by molar-refractivity contribution is 8.00. The Morgan fingerprint density at radius 1 is 1.45 bits per heavy atom. The van der Waals surface area contributed by atoms with Crippen molar-refractivity contribution >= 4 is 51.6 Å². The molecule has 1 atom stereocenters. The van der Waals surface area contributed by atoms with Gasteiger partial charge in [0.2, 0.25) is 5.91 Å². The lowest BCUT2D eigenvalue weighted by Crippen LogP contribution is -2.30. The summed E-state index contributed by atoms with van der Waals surface area (Å²) in [5, 5.41) is 4.83. The van der Waals surface area contributed by atoms with E-state index < -0.39 is 0 Å². The fourth-order valence-corrected chi connectivity index (χ4v) is 3.83. The summed E-state index contributed by atoms with van der Waals surface area (Å²) in [5.74, 6) is 0.372. The predicted molar refractivity (Wildman–Crippen MR) is 96.1 cm³/mol. The van der Waals surface area contributed by atoms with Crippen LogP contribution in [0.3, 0.4) is 0 Å². The van der Waals surface area contributed by atoms with Crippen LogP contribution in [0.5, 0.6) is 0 Å². The molecule has 122 valence electrons. The molecule has 3 N–H and O–H groups in total. The molecule has 5 nitrogen and oxygen atoms in total. The Bertz CT molecular complexity index is 645. The number of fused-ring (bicyclic) bond motifs is 1. The Morgan fingerprint density at radius 2 is 2.18 bits per heavy atom. The number of aryl methyl sites for hydroxylation is 2. The molecular formula is C14H21ClN4OS2. The molecule has 2 rings (SSSR count). The first-order chi connectivity index (χ1) is 9.99. The molecule has 0 aliphatic carbocycles. The summed E-state index contributed by atoms with van der Waals surface area (Å²) in [4.78, 5) is 22.7. The van der Waals surface area contributed by atoms with Crippen molar-refractivity contribution in [1.82, 2.24) is 15.3 Å². The van der Waals surface area contributed by atoms with Crippen molar-refractivity contribution in [1.29, 1.82) is 0 Å². The Morgan fingerprint density at radius 3 is 2.86 bits per heavy atom. The second kappa shape index (κ2) is 8.67. The van der Waals surface area contributed by atoms with Gasteiger partial charge in [-0.25, -0.2) is 9.97 Å². The van der Waals surface area contributed by atoms with Gasteiger partial charge in [-0.1, -0.05) is 11.8 Å². The van der Waals surface area contributed by atoms with Crippen LogP contribution in [0, 0.1) is 13.8 Å². The first-order valence-electron chi connectivity index (χ1n) is 6.84. The van der Waals surface area contributed by atoms with E-state index in [0.717, 1.165) is 21.7 Å². The molecule has 2 aromatic heterocycles. The van der Waals surface area contributed by atoms with Crippen LogP contribution in [0.2, 0.25) is 0 Å². The smallest absolute Gasteiger partial charge is 0.230 e. The Kier molecular flexibility index (Phi) is 7.55. The van der Waals surface area contributed by atoms with Gasteiger partial charge in [-0.05, 0) is 32.8 Å². The molecule has 1 amide bonds. The van der Waals surface area contributed by atoms with Crippen LogP contribution in [0.15, 0.2) is 11.4 Å². The molecule has 2 heterocycles. The number of thioether (sulfide) groups is 1. The van der Waals surface area contributed by atoms with E-state index >= 15 is 0 Å². The molecule has 2 aromatic rings. The van der Waals surface area contributed by atoms with Gasteiger partial charge in [0.25, 0.3) is 0 Å². The number of carbonyl (C=O) groups is 1. The summed E-state index contributed by atoms with van der Waals surface area (Å²) in [6.07, 6.45) is 2.35. The van der Waals surface area contributed by atoms with Crippen LogP contribution in [0.1, 0.15) is 23.8 Å². The summed E-state index contributed by atoms with van der Waals surface area (Å²) < 4.78 is 0. The van der Waals surface area contributed by atoms with Crippen molar-refractivity contribution in [2.75, 3.05) is 12.3 Å². The standard InChI is InChI=1S/C14H20N4OS2.ClH/c1-8(15)4-5-16-11(19)6-20-13-12-9(2)10(3)21-14(12)18-7-17-13;/h7-8H,4-6,15H2,1-3H3,(H,16,19);1H. The lowest BCUT2D eigenvalue weighted by Gasteiger charge is -2.07. The topological polar surface area (TPSA) is 80.9 Å². The molecule has 0 aliphatic heterocycles. The maximum atomic E-state index is 11.8. The Balaban J connectivity index is 0.00000242. The zero-order chi connectivity index (χ0) is 15.4. The van der Waals surface area contributed by atoms with E-state index in [1.165, 1.54) is 22.2 Å². The Hall–Kier alpha value is -0.890. The van der Waals surface area contributed by atoms with Crippen LogP contribution < -0.4 is 11.1 Å². The third-order valence-corrected chi connectivity index (χ3v) is 5.30. The van der Waals surface area contributed by atoms with Crippen LogP contribution in [-0.2, 0) is 4.79 Å². The molecule has 8 heteroatoms. The second-order valence-corrected chi connectivity index (χ2v) is 7.21. The zero-order valence-corrected chi connectivity index (χ0v) is 15.3. The number of aromatic nitrogens is 2. The van der Waals surface area contributed by atoms with E-state index in [2.05, 4.69) is 29.1 Å².